The minimum Gasteiger partial charge on any atom is -0.393 e. The maximum atomic E-state index is 12.8. The van der Waals surface area contributed by atoms with E-state index in [-0.39, 0.29) is 12.0 Å². The van der Waals surface area contributed by atoms with Crippen LogP contribution in [-0.2, 0) is 13.6 Å². The first-order valence-corrected chi connectivity index (χ1v) is 11.9. The SMILES string of the molecule is C=N/C(=C\C=C(/C)N1CCC(O)CC1)Nc1ccc(-c2ccnc3c2ccn3C)c2c1C(=O)NC2. The molecule has 2 aliphatic heterocycles. The van der Waals surface area contributed by atoms with Gasteiger partial charge in [0.2, 0.25) is 0 Å². The van der Waals surface area contributed by atoms with Crippen LogP contribution >= 0.6 is 0 Å². The Morgan fingerprint density at radius 3 is 2.80 bits per heavy atom. The summed E-state index contributed by atoms with van der Waals surface area (Å²) in [5, 5.41) is 17.1. The van der Waals surface area contributed by atoms with Crippen molar-refractivity contribution in [2.45, 2.75) is 32.4 Å². The quantitative estimate of drug-likeness (QED) is 0.376. The molecule has 8 heteroatoms. The van der Waals surface area contributed by atoms with Crippen LogP contribution in [0.4, 0.5) is 5.69 Å². The van der Waals surface area contributed by atoms with Crippen molar-refractivity contribution in [3.8, 4) is 11.1 Å². The molecule has 3 aromatic rings. The van der Waals surface area contributed by atoms with Crippen LogP contribution in [0.3, 0.4) is 0 Å². The fraction of sp³-hybridized carbons (Fsp3) is 0.296. The van der Waals surface area contributed by atoms with Gasteiger partial charge in [-0.05, 0) is 73.5 Å². The number of piperidine rings is 1. The zero-order valence-corrected chi connectivity index (χ0v) is 20.1. The van der Waals surface area contributed by atoms with Crippen LogP contribution in [0.15, 0.2) is 65.3 Å². The molecule has 1 saturated heterocycles. The Morgan fingerprint density at radius 2 is 2.03 bits per heavy atom. The Bertz CT molecular complexity index is 1360. The van der Waals surface area contributed by atoms with Crippen LogP contribution in [0.1, 0.15) is 35.7 Å². The van der Waals surface area contributed by atoms with Gasteiger partial charge in [0.25, 0.3) is 5.91 Å². The third kappa shape index (κ3) is 4.33. The number of aliphatic imine (C=N–C) groups is 1. The first kappa shape index (κ1) is 22.9. The number of carbonyl (C=O) groups is 1. The predicted molar refractivity (Wildman–Crippen MR) is 139 cm³/mol. The number of likely N-dealkylation sites (tertiary alicyclic amines) is 1. The number of hydrogen-bond acceptors (Lipinski definition) is 6. The number of allylic oxidation sites excluding steroid dienone is 3. The summed E-state index contributed by atoms with van der Waals surface area (Å²) in [7, 11) is 1.97. The van der Waals surface area contributed by atoms with Crippen molar-refractivity contribution in [2.24, 2.45) is 12.0 Å². The van der Waals surface area contributed by atoms with E-state index in [9.17, 15) is 9.90 Å². The molecule has 0 unspecified atom stereocenters. The van der Waals surface area contributed by atoms with Gasteiger partial charge in [-0.1, -0.05) is 6.07 Å². The standard InChI is InChI=1S/C27H30N6O2/c1-17(33-14-9-18(34)10-15-33)4-7-24(28-2)31-23-6-5-19(22-16-30-27(35)25(22)23)20-8-12-29-26-21(20)11-13-32(26)3/h4-8,11-13,18,31,34H,2,9-10,14-16H2,1,3H3,(H,30,35)/b17-4+,24-7+. The van der Waals surface area contributed by atoms with Gasteiger partial charge in [-0.25, -0.2) is 9.98 Å². The van der Waals surface area contributed by atoms with Gasteiger partial charge >= 0.3 is 0 Å². The number of benzene rings is 1. The van der Waals surface area contributed by atoms with Gasteiger partial charge in [-0.3, -0.25) is 4.79 Å². The molecular formula is C27H30N6O2. The zero-order chi connectivity index (χ0) is 24.5. The molecule has 0 spiro atoms. The second kappa shape index (κ2) is 9.38. The number of fused-ring (bicyclic) bond motifs is 2. The van der Waals surface area contributed by atoms with Gasteiger partial charge in [-0.15, -0.1) is 0 Å². The Labute approximate surface area is 204 Å². The molecule has 8 nitrogen and oxygen atoms in total. The Hall–Kier alpha value is -3.91. The number of pyridine rings is 1. The number of nitrogens with zero attached hydrogens (tertiary/aromatic N) is 4. The molecule has 5 rings (SSSR count). The highest BCUT2D eigenvalue weighted by atomic mass is 16.3. The minimum atomic E-state index is -0.206. The topological polar surface area (TPSA) is 94.8 Å². The van der Waals surface area contributed by atoms with E-state index in [1.165, 1.54) is 0 Å². The van der Waals surface area contributed by atoms with Crippen LogP contribution in [0.2, 0.25) is 0 Å². The maximum Gasteiger partial charge on any atom is 0.254 e. The third-order valence-electron chi connectivity index (χ3n) is 6.90. The van der Waals surface area contributed by atoms with E-state index in [1.54, 1.807) is 6.20 Å². The summed E-state index contributed by atoms with van der Waals surface area (Å²) < 4.78 is 1.99. The molecule has 0 saturated carbocycles. The molecule has 1 amide bonds. The minimum absolute atomic E-state index is 0.107. The number of hydrogen-bond donors (Lipinski definition) is 3. The van der Waals surface area contributed by atoms with Gasteiger partial charge in [0.05, 0.1) is 17.4 Å². The summed E-state index contributed by atoms with van der Waals surface area (Å²) in [5.41, 5.74) is 6.36. The van der Waals surface area contributed by atoms with Crippen LogP contribution in [0, 0.1) is 0 Å². The molecule has 0 radical (unpaired) electrons. The molecular weight excluding hydrogens is 440 g/mol. The normalized spacial score (nSPS) is 17.0. The van der Waals surface area contributed by atoms with Gasteiger partial charge < -0.3 is 25.2 Å². The third-order valence-corrected chi connectivity index (χ3v) is 6.90. The molecule has 1 aromatic carbocycles. The second-order valence-electron chi connectivity index (χ2n) is 9.08. The number of anilines is 1. The monoisotopic (exact) mass is 470 g/mol. The molecule has 35 heavy (non-hydrogen) atoms. The lowest BCUT2D eigenvalue weighted by molar-refractivity contribution is 0.0963. The van der Waals surface area contributed by atoms with Crippen molar-refractivity contribution < 1.29 is 9.90 Å². The smallest absolute Gasteiger partial charge is 0.254 e. The van der Waals surface area contributed by atoms with E-state index in [0.717, 1.165) is 59.4 Å². The summed E-state index contributed by atoms with van der Waals surface area (Å²) in [6, 6.07) is 8.03. The fourth-order valence-corrected chi connectivity index (χ4v) is 4.90. The summed E-state index contributed by atoms with van der Waals surface area (Å²) in [4.78, 5) is 23.7. The van der Waals surface area contributed by atoms with Gasteiger partial charge in [0.1, 0.15) is 11.5 Å². The van der Waals surface area contributed by atoms with Gasteiger partial charge in [0, 0.05) is 50.2 Å². The largest absolute Gasteiger partial charge is 0.393 e. The van der Waals surface area contributed by atoms with Crippen molar-refractivity contribution >= 4 is 29.3 Å². The second-order valence-corrected chi connectivity index (χ2v) is 9.08. The van der Waals surface area contributed by atoms with E-state index >= 15 is 0 Å². The Kier molecular flexibility index (Phi) is 6.13. The number of aromatic nitrogens is 2. The summed E-state index contributed by atoms with van der Waals surface area (Å²) in [5.74, 6) is 0.454. The molecule has 0 aliphatic carbocycles. The van der Waals surface area contributed by atoms with Crippen molar-refractivity contribution in [3.63, 3.8) is 0 Å². The molecule has 3 N–H and O–H groups in total. The fourth-order valence-electron chi connectivity index (χ4n) is 4.90. The first-order chi connectivity index (χ1) is 17.0. The number of aliphatic hydroxyl groups excluding tert-OH is 1. The molecule has 4 heterocycles. The van der Waals surface area contributed by atoms with Crippen molar-refractivity contribution in [3.05, 3.63) is 71.5 Å². The van der Waals surface area contributed by atoms with Crippen LogP contribution in [0.5, 0.6) is 0 Å². The zero-order valence-electron chi connectivity index (χ0n) is 20.1. The number of aryl methyl sites for hydroxylation is 1. The summed E-state index contributed by atoms with van der Waals surface area (Å²) in [6.07, 6.45) is 9.02. The first-order valence-electron chi connectivity index (χ1n) is 11.9. The van der Waals surface area contributed by atoms with Crippen molar-refractivity contribution in [2.75, 3.05) is 18.4 Å². The molecule has 2 aromatic heterocycles. The van der Waals surface area contributed by atoms with Crippen LogP contribution in [-0.4, -0.2) is 51.4 Å². The maximum absolute atomic E-state index is 12.8. The molecule has 0 bridgehead atoms. The Balaban J connectivity index is 1.46. The molecule has 0 atom stereocenters. The van der Waals surface area contributed by atoms with Gasteiger partial charge in [0.15, 0.2) is 0 Å². The van der Waals surface area contributed by atoms with E-state index in [4.69, 9.17) is 0 Å². The molecule has 180 valence electrons. The molecule has 2 aliphatic rings. The lowest BCUT2D eigenvalue weighted by atomic mass is 9.94. The number of amides is 1. The average Bonchev–Trinajstić information content (AvgIpc) is 3.45. The van der Waals surface area contributed by atoms with E-state index in [1.807, 2.05) is 55.1 Å². The lowest BCUT2D eigenvalue weighted by Gasteiger charge is -2.31. The highest BCUT2D eigenvalue weighted by Gasteiger charge is 2.27. The van der Waals surface area contributed by atoms with Gasteiger partial charge in [-0.2, -0.15) is 0 Å². The van der Waals surface area contributed by atoms with E-state index < -0.39 is 0 Å². The number of rotatable bonds is 6. The average molecular weight is 471 g/mol. The number of aliphatic hydroxyl groups is 1. The van der Waals surface area contributed by atoms with Crippen LogP contribution in [0.25, 0.3) is 22.2 Å². The highest BCUT2D eigenvalue weighted by Crippen LogP contribution is 2.37. The van der Waals surface area contributed by atoms with E-state index in [2.05, 4.69) is 38.3 Å². The lowest BCUT2D eigenvalue weighted by Crippen LogP contribution is -2.34. The number of carbonyl (C=O) groups excluding carboxylic acids is 1. The number of nitrogens with one attached hydrogen (secondary N) is 2. The van der Waals surface area contributed by atoms with E-state index in [0.29, 0.717) is 23.6 Å². The highest BCUT2D eigenvalue weighted by molar-refractivity contribution is 6.07. The molecule has 1 fully saturated rings. The predicted octanol–water partition coefficient (Wildman–Crippen LogP) is 3.80. The summed E-state index contributed by atoms with van der Waals surface area (Å²) >= 11 is 0. The van der Waals surface area contributed by atoms with Crippen molar-refractivity contribution in [1.29, 1.82) is 0 Å². The Morgan fingerprint density at radius 1 is 1.23 bits per heavy atom. The van der Waals surface area contributed by atoms with Crippen molar-refractivity contribution in [1.82, 2.24) is 19.8 Å². The van der Waals surface area contributed by atoms with Crippen LogP contribution < -0.4 is 10.6 Å². The summed E-state index contributed by atoms with van der Waals surface area (Å²) in [6.45, 7) is 7.89.